The van der Waals surface area contributed by atoms with Crippen LogP contribution in [0.25, 0.3) is 0 Å². The normalized spacial score (nSPS) is 31.4. The maximum Gasteiger partial charge on any atom is 0.234 e. The Kier molecular flexibility index (Phi) is 6.91. The van der Waals surface area contributed by atoms with E-state index in [-0.39, 0.29) is 31.6 Å². The molecule has 2 bridgehead atoms. The van der Waals surface area contributed by atoms with Crippen LogP contribution in [-0.2, 0) is 19.2 Å². The largest absolute Gasteiger partial charge is 0.369 e. The standard InChI is InChI=1S/C18H32N8O4/c19-14(27)8-23-1-2-24(9-15(20)28)5-6-26-11-17(30)22-18(7-13(18)26)12-25(4-3-23)10-16(21)29/h13H,1-12H2,(H2,19,27)(H2,20,28)(H2,21,29)(H,22,30). The van der Waals surface area contributed by atoms with Gasteiger partial charge >= 0.3 is 0 Å². The number of nitrogens with zero attached hydrogens (tertiary/aromatic N) is 4. The lowest BCUT2D eigenvalue weighted by Gasteiger charge is -2.36. The molecule has 7 N–H and O–H groups in total. The fourth-order valence-electron chi connectivity index (χ4n) is 4.60. The van der Waals surface area contributed by atoms with Gasteiger partial charge in [0.15, 0.2) is 0 Å². The number of hydrogen-bond acceptors (Lipinski definition) is 8. The molecule has 30 heavy (non-hydrogen) atoms. The Balaban J connectivity index is 1.80. The van der Waals surface area contributed by atoms with Crippen LogP contribution in [0.5, 0.6) is 0 Å². The van der Waals surface area contributed by atoms with Crippen LogP contribution in [0.1, 0.15) is 6.42 Å². The third kappa shape index (κ3) is 5.88. The third-order valence-corrected chi connectivity index (χ3v) is 6.02. The summed E-state index contributed by atoms with van der Waals surface area (Å²) in [5.74, 6) is -1.36. The van der Waals surface area contributed by atoms with E-state index in [0.717, 1.165) is 6.42 Å². The zero-order valence-electron chi connectivity index (χ0n) is 17.2. The molecule has 1 aliphatic carbocycles. The van der Waals surface area contributed by atoms with Gasteiger partial charge in [0.05, 0.1) is 31.7 Å². The summed E-state index contributed by atoms with van der Waals surface area (Å²) in [5.41, 5.74) is 15.8. The summed E-state index contributed by atoms with van der Waals surface area (Å²) in [5, 5.41) is 3.11. The Hall–Kier alpha value is -2.28. The number of rotatable bonds is 6. The van der Waals surface area contributed by atoms with Crippen molar-refractivity contribution in [2.75, 3.05) is 72.0 Å². The number of nitrogens with one attached hydrogen (secondary N) is 1. The van der Waals surface area contributed by atoms with E-state index in [0.29, 0.717) is 52.4 Å². The molecule has 2 saturated heterocycles. The molecule has 3 unspecified atom stereocenters. The summed E-state index contributed by atoms with van der Waals surface area (Å²) in [7, 11) is 0. The van der Waals surface area contributed by atoms with Gasteiger partial charge in [-0.25, -0.2) is 0 Å². The molecule has 1 saturated carbocycles. The zero-order chi connectivity index (χ0) is 21.9. The highest BCUT2D eigenvalue weighted by Crippen LogP contribution is 2.43. The average Bonchev–Trinajstić information content (AvgIpc) is 3.32. The lowest BCUT2D eigenvalue weighted by atomic mass is 10.1. The highest BCUT2D eigenvalue weighted by Gasteiger charge is 2.61. The first-order chi connectivity index (χ1) is 14.2. The molecule has 0 spiro atoms. The monoisotopic (exact) mass is 424 g/mol. The maximum absolute atomic E-state index is 12.3. The van der Waals surface area contributed by atoms with Crippen molar-refractivity contribution in [3.63, 3.8) is 0 Å². The highest BCUT2D eigenvalue weighted by atomic mass is 16.2. The number of hydrogen-bond donors (Lipinski definition) is 4. The van der Waals surface area contributed by atoms with Crippen LogP contribution in [0.3, 0.4) is 0 Å². The summed E-state index contributed by atoms with van der Waals surface area (Å²) in [6.45, 7) is 4.32. The van der Waals surface area contributed by atoms with Crippen LogP contribution >= 0.6 is 0 Å². The molecule has 2 aliphatic heterocycles. The Bertz CT molecular complexity index is 704. The van der Waals surface area contributed by atoms with Gasteiger partial charge in [0.25, 0.3) is 0 Å². The molecule has 3 fully saturated rings. The molecule has 168 valence electrons. The Morgan fingerprint density at radius 1 is 0.833 bits per heavy atom. The first-order valence-electron chi connectivity index (χ1n) is 10.2. The Morgan fingerprint density at radius 2 is 1.30 bits per heavy atom. The quantitative estimate of drug-likeness (QED) is 0.329. The molecule has 3 aliphatic rings. The predicted molar refractivity (Wildman–Crippen MR) is 108 cm³/mol. The van der Waals surface area contributed by atoms with Gasteiger partial charge in [-0.15, -0.1) is 0 Å². The van der Waals surface area contributed by atoms with Crippen LogP contribution in [0, 0.1) is 0 Å². The molecule has 12 nitrogen and oxygen atoms in total. The first-order valence-corrected chi connectivity index (χ1v) is 10.2. The fourth-order valence-corrected chi connectivity index (χ4v) is 4.60. The minimum absolute atomic E-state index is 0.0468. The molecule has 0 aromatic carbocycles. The van der Waals surface area contributed by atoms with E-state index in [4.69, 9.17) is 17.2 Å². The Morgan fingerprint density at radius 3 is 1.83 bits per heavy atom. The molecule has 4 amide bonds. The lowest BCUT2D eigenvalue weighted by Crippen LogP contribution is -2.59. The summed E-state index contributed by atoms with van der Waals surface area (Å²) in [4.78, 5) is 54.9. The molecule has 3 rings (SSSR count). The molecule has 0 aromatic heterocycles. The van der Waals surface area contributed by atoms with Crippen LogP contribution < -0.4 is 22.5 Å². The fraction of sp³-hybridized carbons (Fsp3) is 0.778. The number of piperazine rings is 1. The van der Waals surface area contributed by atoms with Crippen LogP contribution in [0.2, 0.25) is 0 Å². The second-order valence-corrected chi connectivity index (χ2v) is 8.56. The number of carbonyl (C=O) groups is 4. The summed E-state index contributed by atoms with van der Waals surface area (Å²) in [6, 6.07) is 0.184. The van der Waals surface area contributed by atoms with Crippen molar-refractivity contribution >= 4 is 23.6 Å². The highest BCUT2D eigenvalue weighted by molar-refractivity contribution is 5.81. The van der Waals surface area contributed by atoms with Gasteiger partial charge in [0.1, 0.15) is 0 Å². The van der Waals surface area contributed by atoms with Crippen molar-refractivity contribution in [3.05, 3.63) is 0 Å². The molecule has 0 radical (unpaired) electrons. The molecule has 2 heterocycles. The summed E-state index contributed by atoms with van der Waals surface area (Å²) in [6.07, 6.45) is 0.800. The van der Waals surface area contributed by atoms with E-state index >= 15 is 0 Å². The molecule has 0 aromatic rings. The second kappa shape index (κ2) is 9.25. The van der Waals surface area contributed by atoms with Crippen LogP contribution in [0.4, 0.5) is 0 Å². The molecule has 3 atom stereocenters. The van der Waals surface area contributed by atoms with E-state index < -0.39 is 23.3 Å². The third-order valence-electron chi connectivity index (χ3n) is 6.02. The van der Waals surface area contributed by atoms with Crippen molar-refractivity contribution in [3.8, 4) is 0 Å². The summed E-state index contributed by atoms with van der Waals surface area (Å²) >= 11 is 0. The number of carbonyl (C=O) groups excluding carboxylic acids is 4. The minimum Gasteiger partial charge on any atom is -0.369 e. The van der Waals surface area contributed by atoms with Gasteiger partial charge in [0, 0.05) is 51.9 Å². The smallest absolute Gasteiger partial charge is 0.234 e. The van der Waals surface area contributed by atoms with Crippen molar-refractivity contribution in [2.45, 2.75) is 18.0 Å². The number of amides is 4. The van der Waals surface area contributed by atoms with Crippen molar-refractivity contribution in [1.29, 1.82) is 0 Å². The van der Waals surface area contributed by atoms with Gasteiger partial charge in [-0.1, -0.05) is 0 Å². The van der Waals surface area contributed by atoms with Crippen molar-refractivity contribution in [2.24, 2.45) is 17.2 Å². The molecule has 12 heteroatoms. The van der Waals surface area contributed by atoms with Crippen molar-refractivity contribution < 1.29 is 19.2 Å². The van der Waals surface area contributed by atoms with Gasteiger partial charge in [0.2, 0.25) is 23.6 Å². The topological polar surface area (TPSA) is 171 Å². The Labute approximate surface area is 175 Å². The van der Waals surface area contributed by atoms with Crippen LogP contribution in [-0.4, -0.2) is 127 Å². The predicted octanol–water partition coefficient (Wildman–Crippen LogP) is -4.70. The van der Waals surface area contributed by atoms with E-state index in [9.17, 15) is 19.2 Å². The molecular formula is C18H32N8O4. The number of primary amides is 3. The van der Waals surface area contributed by atoms with E-state index in [2.05, 4.69) is 10.2 Å². The summed E-state index contributed by atoms with van der Waals surface area (Å²) < 4.78 is 0. The number of nitrogens with two attached hydrogens (primary N) is 3. The van der Waals surface area contributed by atoms with Crippen LogP contribution in [0.15, 0.2) is 0 Å². The van der Waals surface area contributed by atoms with Gasteiger partial charge in [-0.05, 0) is 6.42 Å². The van der Waals surface area contributed by atoms with Crippen molar-refractivity contribution in [1.82, 2.24) is 24.9 Å². The SMILES string of the molecule is NC(=O)CN1CCN(CC(N)=O)CCN2CC(=O)NC3(CC23)CN(CC(N)=O)CC1. The van der Waals surface area contributed by atoms with E-state index in [1.807, 2.05) is 14.7 Å². The first kappa shape index (κ1) is 22.4. The average molecular weight is 425 g/mol. The van der Waals surface area contributed by atoms with E-state index in [1.54, 1.807) is 0 Å². The lowest BCUT2D eigenvalue weighted by molar-refractivity contribution is -0.126. The van der Waals surface area contributed by atoms with E-state index in [1.165, 1.54) is 0 Å². The van der Waals surface area contributed by atoms with Gasteiger partial charge in [-0.3, -0.25) is 38.8 Å². The zero-order valence-corrected chi connectivity index (χ0v) is 17.2. The molecular weight excluding hydrogens is 392 g/mol. The maximum atomic E-state index is 12.3. The second-order valence-electron chi connectivity index (χ2n) is 8.56. The minimum atomic E-state index is -0.447. The van der Waals surface area contributed by atoms with Gasteiger partial charge in [-0.2, -0.15) is 0 Å². The van der Waals surface area contributed by atoms with Gasteiger partial charge < -0.3 is 22.5 Å².